The minimum atomic E-state index is -1.17. The van der Waals surface area contributed by atoms with Gasteiger partial charge in [0, 0.05) is 12.0 Å². The zero-order chi connectivity index (χ0) is 16.0. The molecule has 0 saturated heterocycles. The molecule has 0 radical (unpaired) electrons. The number of aliphatic carboxylic acids is 2. The van der Waals surface area contributed by atoms with Crippen molar-refractivity contribution in [3.63, 3.8) is 0 Å². The van der Waals surface area contributed by atoms with Crippen LogP contribution in [0.5, 0.6) is 0 Å². The number of benzene rings is 1. The summed E-state index contributed by atoms with van der Waals surface area (Å²) in [5.41, 5.74) is 2.09. The highest BCUT2D eigenvalue weighted by Crippen LogP contribution is 2.11. The Labute approximate surface area is 122 Å². The van der Waals surface area contributed by atoms with E-state index in [0.717, 1.165) is 11.1 Å². The van der Waals surface area contributed by atoms with Gasteiger partial charge < -0.3 is 15.5 Å². The fourth-order valence-electron chi connectivity index (χ4n) is 1.93. The Kier molecular flexibility index (Phi) is 5.90. The lowest BCUT2D eigenvalue weighted by Crippen LogP contribution is -2.41. The number of nitrogens with one attached hydrogen (secondary N) is 1. The average Bonchev–Trinajstić information content (AvgIpc) is 2.39. The van der Waals surface area contributed by atoms with E-state index in [2.05, 4.69) is 5.32 Å². The highest BCUT2D eigenvalue weighted by Gasteiger charge is 2.21. The number of rotatable bonds is 7. The highest BCUT2D eigenvalue weighted by molar-refractivity contribution is 5.97. The molecule has 0 bridgehead atoms. The van der Waals surface area contributed by atoms with E-state index in [1.54, 1.807) is 19.1 Å². The zero-order valence-corrected chi connectivity index (χ0v) is 12.0. The largest absolute Gasteiger partial charge is 0.481 e. The Hall–Kier alpha value is -2.37. The van der Waals surface area contributed by atoms with Crippen LogP contribution in [0.4, 0.5) is 0 Å². The molecule has 114 valence electrons. The molecular formula is C15H19NO5. The van der Waals surface area contributed by atoms with Crippen LogP contribution >= 0.6 is 0 Å². The van der Waals surface area contributed by atoms with E-state index < -0.39 is 23.9 Å². The molecule has 1 atom stereocenters. The van der Waals surface area contributed by atoms with E-state index in [1.165, 1.54) is 0 Å². The quantitative estimate of drug-likeness (QED) is 0.710. The molecule has 1 amide bonds. The lowest BCUT2D eigenvalue weighted by molar-refractivity contribution is -0.140. The third-order valence-corrected chi connectivity index (χ3v) is 3.12. The maximum Gasteiger partial charge on any atom is 0.326 e. The molecule has 0 aliphatic heterocycles. The van der Waals surface area contributed by atoms with Crippen LogP contribution in [-0.2, 0) is 9.59 Å². The van der Waals surface area contributed by atoms with Gasteiger partial charge >= 0.3 is 11.9 Å². The first-order valence-electron chi connectivity index (χ1n) is 6.64. The summed E-state index contributed by atoms with van der Waals surface area (Å²) in [6.45, 7) is 3.62. The van der Waals surface area contributed by atoms with Gasteiger partial charge in [0.2, 0.25) is 0 Å². The number of amides is 1. The lowest BCUT2D eigenvalue weighted by Gasteiger charge is -2.15. The smallest absolute Gasteiger partial charge is 0.326 e. The summed E-state index contributed by atoms with van der Waals surface area (Å²) in [6.07, 6.45) is 0.154. The van der Waals surface area contributed by atoms with Gasteiger partial charge in [-0.25, -0.2) is 4.79 Å². The number of hydrogen-bond donors (Lipinski definition) is 3. The Bertz CT molecular complexity index is 553. The predicted octanol–water partition coefficient (Wildman–Crippen LogP) is 1.74. The maximum atomic E-state index is 12.1. The first kappa shape index (κ1) is 16.7. The predicted molar refractivity (Wildman–Crippen MR) is 76.3 cm³/mol. The van der Waals surface area contributed by atoms with Crippen molar-refractivity contribution < 1.29 is 24.6 Å². The molecule has 1 aromatic carbocycles. The standard InChI is InChI=1S/C15H19NO5/c1-9-6-7-10(2)11(8-9)14(19)16-12(15(20)21)4-3-5-13(17)18/h6-8,12H,3-5H2,1-2H3,(H,16,19)(H,17,18)(H,20,21)/t12-/m1/s1. The second-order valence-electron chi connectivity index (χ2n) is 4.97. The summed E-state index contributed by atoms with van der Waals surface area (Å²) in [6, 6.07) is 4.27. The summed E-state index contributed by atoms with van der Waals surface area (Å²) in [5, 5.41) is 20.1. The molecule has 0 fully saturated rings. The van der Waals surface area contributed by atoms with Crippen LogP contribution in [0.25, 0.3) is 0 Å². The van der Waals surface area contributed by atoms with Crippen LogP contribution in [0.1, 0.15) is 40.7 Å². The van der Waals surface area contributed by atoms with Crippen molar-refractivity contribution in [2.45, 2.75) is 39.2 Å². The van der Waals surface area contributed by atoms with Gasteiger partial charge in [0.15, 0.2) is 0 Å². The van der Waals surface area contributed by atoms with Crippen LogP contribution in [-0.4, -0.2) is 34.1 Å². The monoisotopic (exact) mass is 293 g/mol. The minimum Gasteiger partial charge on any atom is -0.481 e. The first-order valence-corrected chi connectivity index (χ1v) is 6.64. The van der Waals surface area contributed by atoms with Gasteiger partial charge in [-0.15, -0.1) is 0 Å². The third-order valence-electron chi connectivity index (χ3n) is 3.12. The van der Waals surface area contributed by atoms with Gasteiger partial charge in [0.05, 0.1) is 0 Å². The number of carbonyl (C=O) groups is 3. The van der Waals surface area contributed by atoms with Gasteiger partial charge in [-0.05, 0) is 38.3 Å². The van der Waals surface area contributed by atoms with Crippen LogP contribution in [0, 0.1) is 13.8 Å². The summed E-state index contributed by atoms with van der Waals surface area (Å²) in [7, 11) is 0. The van der Waals surface area contributed by atoms with Crippen LogP contribution in [0.2, 0.25) is 0 Å². The first-order chi connectivity index (χ1) is 9.81. The number of carbonyl (C=O) groups excluding carboxylic acids is 1. The Morgan fingerprint density at radius 1 is 1.19 bits per heavy atom. The van der Waals surface area contributed by atoms with Crippen molar-refractivity contribution >= 4 is 17.8 Å². The van der Waals surface area contributed by atoms with Crippen LogP contribution < -0.4 is 5.32 Å². The molecule has 21 heavy (non-hydrogen) atoms. The second-order valence-corrected chi connectivity index (χ2v) is 4.97. The van der Waals surface area contributed by atoms with E-state index in [9.17, 15) is 14.4 Å². The minimum absolute atomic E-state index is 0.0816. The molecule has 0 unspecified atom stereocenters. The van der Waals surface area contributed by atoms with Gasteiger partial charge in [-0.2, -0.15) is 0 Å². The molecule has 0 saturated carbocycles. The summed E-state index contributed by atoms with van der Waals surface area (Å²) in [4.78, 5) is 33.7. The van der Waals surface area contributed by atoms with E-state index in [1.807, 2.05) is 13.0 Å². The van der Waals surface area contributed by atoms with E-state index in [4.69, 9.17) is 10.2 Å². The molecule has 0 spiro atoms. The van der Waals surface area contributed by atoms with E-state index in [0.29, 0.717) is 5.56 Å². The van der Waals surface area contributed by atoms with Gasteiger partial charge in [-0.1, -0.05) is 17.7 Å². The van der Waals surface area contributed by atoms with Crippen LogP contribution in [0.3, 0.4) is 0 Å². The normalized spacial score (nSPS) is 11.7. The van der Waals surface area contributed by atoms with Crippen molar-refractivity contribution in [3.8, 4) is 0 Å². The van der Waals surface area contributed by atoms with Crippen molar-refractivity contribution in [2.24, 2.45) is 0 Å². The Morgan fingerprint density at radius 3 is 2.43 bits per heavy atom. The molecule has 0 aliphatic rings. The van der Waals surface area contributed by atoms with Crippen LogP contribution in [0.15, 0.2) is 18.2 Å². The molecule has 0 aliphatic carbocycles. The average molecular weight is 293 g/mol. The Balaban J connectivity index is 2.74. The molecular weight excluding hydrogens is 274 g/mol. The number of carboxylic acid groups (broad SMARTS) is 2. The fourth-order valence-corrected chi connectivity index (χ4v) is 1.93. The molecule has 6 nitrogen and oxygen atoms in total. The van der Waals surface area contributed by atoms with E-state index >= 15 is 0 Å². The third kappa shape index (κ3) is 5.25. The van der Waals surface area contributed by atoms with Crippen molar-refractivity contribution in [2.75, 3.05) is 0 Å². The van der Waals surface area contributed by atoms with Crippen molar-refractivity contribution in [1.29, 1.82) is 0 Å². The molecule has 3 N–H and O–H groups in total. The molecule has 1 aromatic rings. The van der Waals surface area contributed by atoms with Gasteiger partial charge in [0.1, 0.15) is 6.04 Å². The lowest BCUT2D eigenvalue weighted by atomic mass is 10.0. The Morgan fingerprint density at radius 2 is 1.86 bits per heavy atom. The summed E-state index contributed by atoms with van der Waals surface area (Å²) < 4.78 is 0. The highest BCUT2D eigenvalue weighted by atomic mass is 16.4. The van der Waals surface area contributed by atoms with Crippen molar-refractivity contribution in [1.82, 2.24) is 5.32 Å². The fraction of sp³-hybridized carbons (Fsp3) is 0.400. The second kappa shape index (κ2) is 7.42. The maximum absolute atomic E-state index is 12.1. The zero-order valence-electron chi connectivity index (χ0n) is 12.0. The SMILES string of the molecule is Cc1ccc(C)c(C(=O)N[C@H](CCCC(=O)O)C(=O)O)c1. The summed E-state index contributed by atoms with van der Waals surface area (Å²) in [5.74, 6) is -2.61. The number of carboxylic acids is 2. The molecule has 0 heterocycles. The number of aryl methyl sites for hydroxylation is 2. The summed E-state index contributed by atoms with van der Waals surface area (Å²) >= 11 is 0. The number of hydrogen-bond acceptors (Lipinski definition) is 3. The molecule has 1 rings (SSSR count). The van der Waals surface area contributed by atoms with Gasteiger partial charge in [-0.3, -0.25) is 9.59 Å². The molecule has 6 heteroatoms. The molecule has 0 aromatic heterocycles. The topological polar surface area (TPSA) is 104 Å². The van der Waals surface area contributed by atoms with Gasteiger partial charge in [0.25, 0.3) is 5.91 Å². The van der Waals surface area contributed by atoms with Crippen molar-refractivity contribution in [3.05, 3.63) is 34.9 Å². The van der Waals surface area contributed by atoms with E-state index in [-0.39, 0.29) is 19.3 Å².